The Morgan fingerprint density at radius 2 is 2.14 bits per heavy atom. The van der Waals surface area contributed by atoms with Gasteiger partial charge in [-0.15, -0.1) is 0 Å². The molecule has 2 atom stereocenters. The lowest BCUT2D eigenvalue weighted by Gasteiger charge is -2.20. The van der Waals surface area contributed by atoms with Crippen LogP contribution in [0.1, 0.15) is 38.8 Å². The van der Waals surface area contributed by atoms with Gasteiger partial charge in [0.15, 0.2) is 0 Å². The highest BCUT2D eigenvalue weighted by Crippen LogP contribution is 2.40. The molecule has 1 saturated carbocycles. The Hall–Kier alpha value is -0.890. The highest BCUT2D eigenvalue weighted by Gasteiger charge is 2.40. The first-order valence-electron chi connectivity index (χ1n) is 5.25. The number of nitrogens with zero attached hydrogens (tertiary/aromatic N) is 1. The number of nitrogens with one attached hydrogen (secondary N) is 1. The number of pyridine rings is 1. The molecule has 1 fully saturated rings. The summed E-state index contributed by atoms with van der Waals surface area (Å²) in [6, 6.07) is 6.78. The van der Waals surface area contributed by atoms with Gasteiger partial charge in [0, 0.05) is 29.4 Å². The SMILES string of the molecule is CC(C)(C)NC1CC1c1ccccn1. The summed E-state index contributed by atoms with van der Waals surface area (Å²) in [6.07, 6.45) is 3.11. The Morgan fingerprint density at radius 3 is 2.71 bits per heavy atom. The van der Waals surface area contributed by atoms with Gasteiger partial charge in [0.2, 0.25) is 0 Å². The largest absolute Gasteiger partial charge is 0.309 e. The summed E-state index contributed by atoms with van der Waals surface area (Å²) < 4.78 is 0. The Kier molecular flexibility index (Phi) is 2.31. The molecule has 1 aromatic heterocycles. The summed E-state index contributed by atoms with van der Waals surface area (Å²) in [5.41, 5.74) is 1.45. The first-order chi connectivity index (χ1) is 6.56. The standard InChI is InChI=1S/C12H18N2/c1-12(2,3)14-11-8-9(11)10-6-4-5-7-13-10/h4-7,9,11,14H,8H2,1-3H3. The predicted octanol–water partition coefficient (Wildman–Crippen LogP) is 2.33. The van der Waals surface area contributed by atoms with Gasteiger partial charge >= 0.3 is 0 Å². The lowest BCUT2D eigenvalue weighted by molar-refractivity contribution is 0.418. The maximum atomic E-state index is 4.38. The fraction of sp³-hybridized carbons (Fsp3) is 0.583. The average Bonchev–Trinajstić information content (AvgIpc) is 2.82. The topological polar surface area (TPSA) is 24.9 Å². The van der Waals surface area contributed by atoms with Crippen LogP contribution in [-0.2, 0) is 0 Å². The summed E-state index contributed by atoms with van der Waals surface area (Å²) in [4.78, 5) is 4.38. The molecule has 76 valence electrons. The molecule has 0 aromatic carbocycles. The van der Waals surface area contributed by atoms with E-state index in [4.69, 9.17) is 0 Å². The maximum absolute atomic E-state index is 4.38. The number of aromatic nitrogens is 1. The summed E-state index contributed by atoms with van der Waals surface area (Å²) in [6.45, 7) is 6.63. The Morgan fingerprint density at radius 1 is 1.36 bits per heavy atom. The molecule has 1 aliphatic carbocycles. The molecule has 14 heavy (non-hydrogen) atoms. The molecule has 2 nitrogen and oxygen atoms in total. The molecule has 1 N–H and O–H groups in total. The fourth-order valence-corrected chi connectivity index (χ4v) is 1.83. The molecular weight excluding hydrogens is 172 g/mol. The van der Waals surface area contributed by atoms with Crippen molar-refractivity contribution in [1.82, 2.24) is 10.3 Å². The molecule has 2 unspecified atom stereocenters. The van der Waals surface area contributed by atoms with Crippen molar-refractivity contribution in [2.75, 3.05) is 0 Å². The number of rotatable bonds is 2. The fourth-order valence-electron chi connectivity index (χ4n) is 1.83. The van der Waals surface area contributed by atoms with Crippen molar-refractivity contribution in [3.63, 3.8) is 0 Å². The monoisotopic (exact) mass is 190 g/mol. The summed E-state index contributed by atoms with van der Waals surface area (Å²) >= 11 is 0. The Balaban J connectivity index is 1.94. The average molecular weight is 190 g/mol. The zero-order chi connectivity index (χ0) is 10.2. The van der Waals surface area contributed by atoms with E-state index in [9.17, 15) is 0 Å². The van der Waals surface area contributed by atoms with E-state index in [-0.39, 0.29) is 5.54 Å². The van der Waals surface area contributed by atoms with Crippen LogP contribution in [0.15, 0.2) is 24.4 Å². The van der Waals surface area contributed by atoms with Crippen LogP contribution in [0, 0.1) is 0 Å². The highest BCUT2D eigenvalue weighted by molar-refractivity contribution is 5.21. The van der Waals surface area contributed by atoms with Crippen molar-refractivity contribution < 1.29 is 0 Å². The molecule has 0 amide bonds. The van der Waals surface area contributed by atoms with Gasteiger partial charge in [-0.25, -0.2) is 0 Å². The van der Waals surface area contributed by atoms with Gasteiger partial charge in [0.1, 0.15) is 0 Å². The van der Waals surface area contributed by atoms with Crippen LogP contribution < -0.4 is 5.32 Å². The number of hydrogen-bond acceptors (Lipinski definition) is 2. The van der Waals surface area contributed by atoms with Gasteiger partial charge < -0.3 is 5.32 Å². The third kappa shape index (κ3) is 2.32. The minimum Gasteiger partial charge on any atom is -0.309 e. The van der Waals surface area contributed by atoms with Gasteiger partial charge in [-0.2, -0.15) is 0 Å². The van der Waals surface area contributed by atoms with E-state index in [0.29, 0.717) is 12.0 Å². The van der Waals surface area contributed by atoms with Crippen molar-refractivity contribution in [1.29, 1.82) is 0 Å². The van der Waals surface area contributed by atoms with E-state index >= 15 is 0 Å². The molecule has 0 spiro atoms. The van der Waals surface area contributed by atoms with Crippen molar-refractivity contribution >= 4 is 0 Å². The quantitative estimate of drug-likeness (QED) is 0.774. The van der Waals surface area contributed by atoms with Crippen LogP contribution in [0.5, 0.6) is 0 Å². The zero-order valence-electron chi connectivity index (χ0n) is 9.12. The predicted molar refractivity (Wildman–Crippen MR) is 58.3 cm³/mol. The first-order valence-corrected chi connectivity index (χ1v) is 5.25. The van der Waals surface area contributed by atoms with E-state index in [2.05, 4.69) is 43.2 Å². The van der Waals surface area contributed by atoms with Crippen LogP contribution in [0.3, 0.4) is 0 Å². The molecular formula is C12H18N2. The van der Waals surface area contributed by atoms with Crippen molar-refractivity contribution in [3.8, 4) is 0 Å². The minimum atomic E-state index is 0.216. The van der Waals surface area contributed by atoms with Crippen LogP contribution in [0.25, 0.3) is 0 Å². The normalized spacial score (nSPS) is 26.2. The Labute approximate surface area is 85.7 Å². The second-order valence-electron chi connectivity index (χ2n) is 5.10. The second kappa shape index (κ2) is 3.35. The minimum absolute atomic E-state index is 0.216. The molecule has 0 saturated heterocycles. The smallest absolute Gasteiger partial charge is 0.0450 e. The summed E-state index contributed by atoms with van der Waals surface area (Å²) in [5.74, 6) is 0.635. The summed E-state index contributed by atoms with van der Waals surface area (Å²) in [5, 5.41) is 3.60. The van der Waals surface area contributed by atoms with Crippen molar-refractivity contribution in [2.45, 2.75) is 44.7 Å². The van der Waals surface area contributed by atoms with Gasteiger partial charge in [-0.3, -0.25) is 4.98 Å². The molecule has 1 aliphatic rings. The molecule has 0 radical (unpaired) electrons. The van der Waals surface area contributed by atoms with E-state index in [1.807, 2.05) is 12.3 Å². The summed E-state index contributed by atoms with van der Waals surface area (Å²) in [7, 11) is 0. The first kappa shape index (κ1) is 9.66. The van der Waals surface area contributed by atoms with E-state index in [1.54, 1.807) is 0 Å². The van der Waals surface area contributed by atoms with Gasteiger partial charge in [0.05, 0.1) is 0 Å². The van der Waals surface area contributed by atoms with Crippen LogP contribution in [0.2, 0.25) is 0 Å². The third-order valence-electron chi connectivity index (χ3n) is 2.48. The van der Waals surface area contributed by atoms with Crippen molar-refractivity contribution in [3.05, 3.63) is 30.1 Å². The third-order valence-corrected chi connectivity index (χ3v) is 2.48. The van der Waals surface area contributed by atoms with Crippen LogP contribution in [-0.4, -0.2) is 16.6 Å². The Bertz CT molecular complexity index is 300. The molecule has 1 heterocycles. The zero-order valence-corrected chi connectivity index (χ0v) is 9.12. The molecule has 2 rings (SSSR count). The van der Waals surface area contributed by atoms with Crippen LogP contribution >= 0.6 is 0 Å². The molecule has 1 aromatic rings. The van der Waals surface area contributed by atoms with Crippen LogP contribution in [0.4, 0.5) is 0 Å². The van der Waals surface area contributed by atoms with E-state index in [1.165, 1.54) is 12.1 Å². The molecule has 2 heteroatoms. The molecule has 0 bridgehead atoms. The van der Waals surface area contributed by atoms with E-state index < -0.39 is 0 Å². The van der Waals surface area contributed by atoms with Crippen molar-refractivity contribution in [2.24, 2.45) is 0 Å². The lowest BCUT2D eigenvalue weighted by Crippen LogP contribution is -2.38. The van der Waals surface area contributed by atoms with Gasteiger partial charge in [-0.1, -0.05) is 6.07 Å². The highest BCUT2D eigenvalue weighted by atomic mass is 15.0. The van der Waals surface area contributed by atoms with E-state index in [0.717, 1.165) is 0 Å². The molecule has 0 aliphatic heterocycles. The maximum Gasteiger partial charge on any atom is 0.0450 e. The lowest BCUT2D eigenvalue weighted by atomic mass is 10.1. The van der Waals surface area contributed by atoms with Gasteiger partial charge in [0.25, 0.3) is 0 Å². The van der Waals surface area contributed by atoms with Gasteiger partial charge in [-0.05, 0) is 39.3 Å². The number of hydrogen-bond donors (Lipinski definition) is 1. The second-order valence-corrected chi connectivity index (χ2v) is 5.10.